The third-order valence-corrected chi connectivity index (χ3v) is 4.44. The van der Waals surface area contributed by atoms with Crippen LogP contribution in [0.25, 0.3) is 10.6 Å². The summed E-state index contributed by atoms with van der Waals surface area (Å²) in [6, 6.07) is 6.46. The molecule has 18 heavy (non-hydrogen) atoms. The summed E-state index contributed by atoms with van der Waals surface area (Å²) < 4.78 is 12.9. The Balaban J connectivity index is 2.36. The predicted molar refractivity (Wildman–Crippen MR) is 74.3 cm³/mol. The summed E-state index contributed by atoms with van der Waals surface area (Å²) in [4.78, 5) is 5.82. The number of rotatable bonds is 4. The maximum atomic E-state index is 12.9. The Morgan fingerprint density at radius 3 is 2.56 bits per heavy atom. The Kier molecular flexibility index (Phi) is 4.09. The molecule has 0 spiro atoms. The number of halogens is 1. The van der Waals surface area contributed by atoms with Crippen LogP contribution >= 0.6 is 11.3 Å². The number of aryl methyl sites for hydroxylation is 1. The predicted octanol–water partition coefficient (Wildman–Crippen LogP) is 3.71. The largest absolute Gasteiger partial charge is 0.330 e. The molecule has 2 N–H and O–H groups in total. The SMILES string of the molecule is CCC(CN)c1sc(-c2ccc(F)cc2)nc1C. The minimum absolute atomic E-state index is 0.222. The van der Waals surface area contributed by atoms with Gasteiger partial charge < -0.3 is 5.73 Å². The summed E-state index contributed by atoms with van der Waals surface area (Å²) in [5.41, 5.74) is 7.78. The first-order valence-electron chi connectivity index (χ1n) is 6.09. The van der Waals surface area contributed by atoms with Crippen molar-refractivity contribution in [2.24, 2.45) is 5.73 Å². The van der Waals surface area contributed by atoms with Crippen molar-refractivity contribution in [3.8, 4) is 10.6 Å². The standard InChI is InChI=1S/C14H17FN2S/c1-3-10(8-16)13-9(2)17-14(18-13)11-4-6-12(15)7-5-11/h4-7,10H,3,8,16H2,1-2H3. The van der Waals surface area contributed by atoms with Gasteiger partial charge in [0.25, 0.3) is 0 Å². The minimum Gasteiger partial charge on any atom is -0.330 e. The summed E-state index contributed by atoms with van der Waals surface area (Å²) in [6.45, 7) is 4.79. The number of hydrogen-bond donors (Lipinski definition) is 1. The Morgan fingerprint density at radius 1 is 1.33 bits per heavy atom. The molecule has 96 valence electrons. The molecule has 0 aliphatic heterocycles. The van der Waals surface area contributed by atoms with Gasteiger partial charge in [-0.1, -0.05) is 6.92 Å². The van der Waals surface area contributed by atoms with Gasteiger partial charge in [0.05, 0.1) is 5.69 Å². The molecule has 1 heterocycles. The van der Waals surface area contributed by atoms with E-state index in [2.05, 4.69) is 11.9 Å². The normalized spacial score (nSPS) is 12.7. The Labute approximate surface area is 111 Å². The van der Waals surface area contributed by atoms with Crippen molar-refractivity contribution >= 4 is 11.3 Å². The molecule has 0 aliphatic carbocycles. The fourth-order valence-electron chi connectivity index (χ4n) is 1.96. The lowest BCUT2D eigenvalue weighted by Gasteiger charge is -2.09. The van der Waals surface area contributed by atoms with Crippen LogP contribution in [0, 0.1) is 12.7 Å². The van der Waals surface area contributed by atoms with E-state index in [0.717, 1.165) is 22.7 Å². The van der Waals surface area contributed by atoms with Gasteiger partial charge in [0, 0.05) is 22.9 Å². The van der Waals surface area contributed by atoms with E-state index in [0.29, 0.717) is 12.5 Å². The van der Waals surface area contributed by atoms with Gasteiger partial charge in [0.15, 0.2) is 0 Å². The zero-order chi connectivity index (χ0) is 13.1. The van der Waals surface area contributed by atoms with Crippen LogP contribution in [0.15, 0.2) is 24.3 Å². The molecule has 0 radical (unpaired) electrons. The van der Waals surface area contributed by atoms with Gasteiger partial charge in [-0.2, -0.15) is 0 Å². The first kappa shape index (κ1) is 13.2. The van der Waals surface area contributed by atoms with Crippen molar-refractivity contribution in [2.75, 3.05) is 6.54 Å². The highest BCUT2D eigenvalue weighted by Crippen LogP contribution is 2.33. The quantitative estimate of drug-likeness (QED) is 0.914. The maximum absolute atomic E-state index is 12.9. The van der Waals surface area contributed by atoms with Gasteiger partial charge in [-0.15, -0.1) is 11.3 Å². The molecular weight excluding hydrogens is 247 g/mol. The van der Waals surface area contributed by atoms with E-state index >= 15 is 0 Å². The zero-order valence-corrected chi connectivity index (χ0v) is 11.4. The lowest BCUT2D eigenvalue weighted by atomic mass is 10.0. The molecule has 2 rings (SSSR count). The van der Waals surface area contributed by atoms with Gasteiger partial charge in [-0.3, -0.25) is 0 Å². The number of thiazole rings is 1. The van der Waals surface area contributed by atoms with Crippen molar-refractivity contribution in [1.29, 1.82) is 0 Å². The average molecular weight is 264 g/mol. The number of nitrogens with zero attached hydrogens (tertiary/aromatic N) is 1. The zero-order valence-electron chi connectivity index (χ0n) is 10.6. The fourth-order valence-corrected chi connectivity index (χ4v) is 3.23. The van der Waals surface area contributed by atoms with Gasteiger partial charge in [-0.25, -0.2) is 9.37 Å². The van der Waals surface area contributed by atoms with Crippen molar-refractivity contribution in [2.45, 2.75) is 26.2 Å². The van der Waals surface area contributed by atoms with E-state index in [9.17, 15) is 4.39 Å². The third kappa shape index (κ3) is 2.60. The first-order chi connectivity index (χ1) is 8.65. The van der Waals surface area contributed by atoms with Crippen molar-refractivity contribution in [3.63, 3.8) is 0 Å². The summed E-state index contributed by atoms with van der Waals surface area (Å²) in [5.74, 6) is 0.150. The van der Waals surface area contributed by atoms with Crippen molar-refractivity contribution in [1.82, 2.24) is 4.98 Å². The molecule has 0 saturated heterocycles. The van der Waals surface area contributed by atoms with Crippen molar-refractivity contribution in [3.05, 3.63) is 40.7 Å². The van der Waals surface area contributed by atoms with Crippen LogP contribution in [0.1, 0.15) is 29.8 Å². The highest BCUT2D eigenvalue weighted by atomic mass is 32.1. The molecule has 2 aromatic rings. The maximum Gasteiger partial charge on any atom is 0.123 e. The average Bonchev–Trinajstić information content (AvgIpc) is 2.74. The van der Waals surface area contributed by atoms with Gasteiger partial charge in [-0.05, 0) is 37.6 Å². The van der Waals surface area contributed by atoms with Crippen LogP contribution in [-0.2, 0) is 0 Å². The van der Waals surface area contributed by atoms with E-state index in [4.69, 9.17) is 5.73 Å². The lowest BCUT2D eigenvalue weighted by Crippen LogP contribution is -2.11. The van der Waals surface area contributed by atoms with Gasteiger partial charge in [0.1, 0.15) is 10.8 Å². The Bertz CT molecular complexity index is 515. The molecule has 0 bridgehead atoms. The monoisotopic (exact) mass is 264 g/mol. The molecule has 0 aliphatic rings. The molecule has 1 aromatic carbocycles. The van der Waals surface area contributed by atoms with Crippen LogP contribution in [-0.4, -0.2) is 11.5 Å². The fraction of sp³-hybridized carbons (Fsp3) is 0.357. The summed E-state index contributed by atoms with van der Waals surface area (Å²) >= 11 is 1.66. The van der Waals surface area contributed by atoms with Crippen LogP contribution in [0.2, 0.25) is 0 Å². The topological polar surface area (TPSA) is 38.9 Å². The molecule has 2 nitrogen and oxygen atoms in total. The second-order valence-corrected chi connectivity index (χ2v) is 5.35. The van der Waals surface area contributed by atoms with E-state index in [1.807, 2.05) is 6.92 Å². The van der Waals surface area contributed by atoms with E-state index in [1.165, 1.54) is 17.0 Å². The minimum atomic E-state index is -0.222. The molecule has 1 aromatic heterocycles. The van der Waals surface area contributed by atoms with Crippen LogP contribution in [0.3, 0.4) is 0 Å². The lowest BCUT2D eigenvalue weighted by molar-refractivity contribution is 0.628. The van der Waals surface area contributed by atoms with Gasteiger partial charge in [0.2, 0.25) is 0 Å². The summed E-state index contributed by atoms with van der Waals surface area (Å²) in [5, 5.41) is 0.939. The highest BCUT2D eigenvalue weighted by molar-refractivity contribution is 7.15. The molecular formula is C14H17FN2S. The summed E-state index contributed by atoms with van der Waals surface area (Å²) in [6.07, 6.45) is 1.02. The number of nitrogens with two attached hydrogens (primary N) is 1. The van der Waals surface area contributed by atoms with Crippen LogP contribution in [0.5, 0.6) is 0 Å². The first-order valence-corrected chi connectivity index (χ1v) is 6.90. The summed E-state index contributed by atoms with van der Waals surface area (Å²) in [7, 11) is 0. The number of benzene rings is 1. The molecule has 1 atom stereocenters. The number of aromatic nitrogens is 1. The molecule has 4 heteroatoms. The van der Waals surface area contributed by atoms with E-state index < -0.39 is 0 Å². The van der Waals surface area contributed by atoms with Crippen LogP contribution in [0.4, 0.5) is 4.39 Å². The second-order valence-electron chi connectivity index (χ2n) is 4.32. The molecule has 0 saturated carbocycles. The second kappa shape index (κ2) is 5.59. The smallest absolute Gasteiger partial charge is 0.123 e. The van der Waals surface area contributed by atoms with E-state index in [-0.39, 0.29) is 5.82 Å². The highest BCUT2D eigenvalue weighted by Gasteiger charge is 2.16. The number of hydrogen-bond acceptors (Lipinski definition) is 3. The van der Waals surface area contributed by atoms with Crippen LogP contribution < -0.4 is 5.73 Å². The van der Waals surface area contributed by atoms with Gasteiger partial charge >= 0.3 is 0 Å². The Morgan fingerprint density at radius 2 is 2.00 bits per heavy atom. The van der Waals surface area contributed by atoms with E-state index in [1.54, 1.807) is 23.5 Å². The molecule has 0 fully saturated rings. The van der Waals surface area contributed by atoms with Crippen molar-refractivity contribution < 1.29 is 4.39 Å². The third-order valence-electron chi connectivity index (χ3n) is 3.07. The Hall–Kier alpha value is -1.26. The molecule has 0 amide bonds. The molecule has 1 unspecified atom stereocenters.